The van der Waals surface area contributed by atoms with E-state index in [1.807, 2.05) is 0 Å². The van der Waals surface area contributed by atoms with Crippen LogP contribution >= 0.6 is 27.5 Å². The predicted molar refractivity (Wildman–Crippen MR) is 91.3 cm³/mol. The first-order valence-corrected chi connectivity index (χ1v) is 8.12. The zero-order valence-corrected chi connectivity index (χ0v) is 14.6. The van der Waals surface area contributed by atoms with Crippen LogP contribution < -0.4 is 5.32 Å². The molecule has 1 aromatic carbocycles. The topological polar surface area (TPSA) is 64.7 Å². The average Bonchev–Trinajstić information content (AvgIpc) is 3.08. The summed E-state index contributed by atoms with van der Waals surface area (Å²) in [6.07, 6.45) is 4.76. The molecule has 0 aliphatic rings. The molecule has 0 aliphatic heterocycles. The largest absolute Gasteiger partial charge is 0.307 e. The van der Waals surface area contributed by atoms with E-state index in [0.29, 0.717) is 21.9 Å². The number of carbonyl (C=O) groups excluding carboxylic acids is 1. The van der Waals surface area contributed by atoms with Gasteiger partial charge in [-0.3, -0.25) is 14.2 Å². The van der Waals surface area contributed by atoms with E-state index in [9.17, 15) is 9.18 Å². The van der Waals surface area contributed by atoms with Gasteiger partial charge in [0.1, 0.15) is 12.4 Å². The summed E-state index contributed by atoms with van der Waals surface area (Å²) < 4.78 is 16.7. The van der Waals surface area contributed by atoms with Gasteiger partial charge in [0.05, 0.1) is 22.2 Å². The van der Waals surface area contributed by atoms with E-state index in [2.05, 4.69) is 31.4 Å². The van der Waals surface area contributed by atoms with Crippen LogP contribution in [0.2, 0.25) is 5.02 Å². The zero-order valence-electron chi connectivity index (χ0n) is 12.3. The number of anilines is 1. The number of nitrogens with zero attached hydrogens (tertiary/aromatic N) is 4. The van der Waals surface area contributed by atoms with Crippen molar-refractivity contribution in [2.75, 3.05) is 5.32 Å². The smallest absolute Gasteiger partial charge is 0.247 e. The molecule has 0 fully saturated rings. The summed E-state index contributed by atoms with van der Waals surface area (Å²) in [5.74, 6) is -0.157. The first-order chi connectivity index (χ1) is 11.5. The Hall–Kier alpha value is -2.19. The molecule has 0 radical (unpaired) electrons. The summed E-state index contributed by atoms with van der Waals surface area (Å²) in [6.45, 7) is 0.494. The van der Waals surface area contributed by atoms with E-state index in [4.69, 9.17) is 11.6 Å². The number of amides is 1. The zero-order chi connectivity index (χ0) is 17.1. The van der Waals surface area contributed by atoms with Crippen LogP contribution in [0.4, 0.5) is 10.2 Å². The van der Waals surface area contributed by atoms with Gasteiger partial charge in [0.15, 0.2) is 5.82 Å². The van der Waals surface area contributed by atoms with E-state index in [1.54, 1.807) is 29.2 Å². The molecule has 2 aromatic heterocycles. The molecule has 24 heavy (non-hydrogen) atoms. The lowest BCUT2D eigenvalue weighted by Crippen LogP contribution is -2.19. The molecule has 1 N–H and O–H groups in total. The van der Waals surface area contributed by atoms with Crippen molar-refractivity contribution in [3.05, 3.63) is 63.7 Å². The second-order valence-electron chi connectivity index (χ2n) is 5.05. The highest BCUT2D eigenvalue weighted by Gasteiger charge is 2.11. The van der Waals surface area contributed by atoms with Gasteiger partial charge < -0.3 is 5.32 Å². The van der Waals surface area contributed by atoms with E-state index in [1.165, 1.54) is 23.0 Å². The second-order valence-corrected chi connectivity index (χ2v) is 6.34. The van der Waals surface area contributed by atoms with Crippen molar-refractivity contribution >= 4 is 39.3 Å². The summed E-state index contributed by atoms with van der Waals surface area (Å²) in [7, 11) is 0. The standard InChI is InChI=1S/C15H12BrClFN5O/c16-13-8-23(6-10-1-3-12(18)4-2-10)21-15(13)20-14(24)9-22-7-11(17)5-19-22/h1-5,7-8H,6,9H2,(H,20,21,24). The highest BCUT2D eigenvalue weighted by molar-refractivity contribution is 9.10. The summed E-state index contributed by atoms with van der Waals surface area (Å²) in [5.41, 5.74) is 0.899. The highest BCUT2D eigenvalue weighted by atomic mass is 79.9. The second kappa shape index (κ2) is 7.14. The molecular weight excluding hydrogens is 401 g/mol. The van der Waals surface area contributed by atoms with Crippen molar-refractivity contribution < 1.29 is 9.18 Å². The molecule has 0 unspecified atom stereocenters. The van der Waals surface area contributed by atoms with Crippen molar-refractivity contribution in [1.29, 1.82) is 0 Å². The van der Waals surface area contributed by atoms with Gasteiger partial charge >= 0.3 is 0 Å². The van der Waals surface area contributed by atoms with Crippen molar-refractivity contribution in [2.24, 2.45) is 0 Å². The minimum atomic E-state index is -0.285. The molecule has 0 bridgehead atoms. The molecule has 3 rings (SSSR count). The van der Waals surface area contributed by atoms with E-state index >= 15 is 0 Å². The molecule has 0 saturated heterocycles. The number of nitrogens with one attached hydrogen (secondary N) is 1. The van der Waals surface area contributed by atoms with Crippen LogP contribution in [0.5, 0.6) is 0 Å². The minimum Gasteiger partial charge on any atom is -0.307 e. The third-order valence-electron chi connectivity index (χ3n) is 3.14. The summed E-state index contributed by atoms with van der Waals surface area (Å²) in [4.78, 5) is 12.0. The van der Waals surface area contributed by atoms with Crippen LogP contribution in [0.3, 0.4) is 0 Å². The Labute approximate surface area is 150 Å². The quantitative estimate of drug-likeness (QED) is 0.699. The fraction of sp³-hybridized carbons (Fsp3) is 0.133. The van der Waals surface area contributed by atoms with Crippen LogP contribution in [0.1, 0.15) is 5.56 Å². The Morgan fingerprint density at radius 1 is 1.25 bits per heavy atom. The number of benzene rings is 1. The van der Waals surface area contributed by atoms with Gasteiger partial charge in [-0.25, -0.2) is 4.39 Å². The Kier molecular flexibility index (Phi) is 4.96. The van der Waals surface area contributed by atoms with Gasteiger partial charge in [0, 0.05) is 12.4 Å². The Morgan fingerprint density at radius 2 is 2.00 bits per heavy atom. The molecule has 1 amide bonds. The number of rotatable bonds is 5. The fourth-order valence-corrected chi connectivity index (χ4v) is 2.65. The third-order valence-corrected chi connectivity index (χ3v) is 3.92. The lowest BCUT2D eigenvalue weighted by atomic mass is 10.2. The van der Waals surface area contributed by atoms with Crippen molar-refractivity contribution in [1.82, 2.24) is 19.6 Å². The van der Waals surface area contributed by atoms with Gasteiger partial charge in [-0.2, -0.15) is 10.2 Å². The van der Waals surface area contributed by atoms with Gasteiger partial charge in [-0.1, -0.05) is 23.7 Å². The number of hydrogen-bond donors (Lipinski definition) is 1. The first-order valence-electron chi connectivity index (χ1n) is 6.95. The van der Waals surface area contributed by atoms with Crippen LogP contribution in [-0.4, -0.2) is 25.5 Å². The molecule has 9 heteroatoms. The predicted octanol–water partition coefficient (Wildman–Crippen LogP) is 3.32. The van der Waals surface area contributed by atoms with Gasteiger partial charge in [0.25, 0.3) is 0 Å². The number of carbonyl (C=O) groups is 1. The van der Waals surface area contributed by atoms with Crippen LogP contribution in [0.15, 0.2) is 47.3 Å². The summed E-state index contributed by atoms with van der Waals surface area (Å²) in [6, 6.07) is 6.16. The third kappa shape index (κ3) is 4.21. The maximum atomic E-state index is 12.9. The van der Waals surface area contributed by atoms with Crippen molar-refractivity contribution in [3.63, 3.8) is 0 Å². The van der Waals surface area contributed by atoms with E-state index < -0.39 is 0 Å². The number of halogens is 3. The molecule has 2 heterocycles. The molecule has 0 spiro atoms. The molecule has 3 aromatic rings. The van der Waals surface area contributed by atoms with Crippen LogP contribution in [0, 0.1) is 5.82 Å². The number of aromatic nitrogens is 4. The molecule has 6 nitrogen and oxygen atoms in total. The van der Waals surface area contributed by atoms with E-state index in [0.717, 1.165) is 5.56 Å². The van der Waals surface area contributed by atoms with Crippen molar-refractivity contribution in [3.8, 4) is 0 Å². The fourth-order valence-electron chi connectivity index (χ4n) is 2.08. The normalized spacial score (nSPS) is 10.8. The SMILES string of the molecule is O=C(Cn1cc(Cl)cn1)Nc1nn(Cc2ccc(F)cc2)cc1Br. The monoisotopic (exact) mass is 411 g/mol. The molecular formula is C15H12BrClFN5O. The molecule has 0 atom stereocenters. The Morgan fingerprint density at radius 3 is 2.67 bits per heavy atom. The van der Waals surface area contributed by atoms with E-state index in [-0.39, 0.29) is 18.3 Å². The Balaban J connectivity index is 1.65. The molecule has 0 aliphatic carbocycles. The Bertz CT molecular complexity index is 861. The average molecular weight is 413 g/mol. The maximum Gasteiger partial charge on any atom is 0.247 e. The van der Waals surface area contributed by atoms with Crippen LogP contribution in [-0.2, 0) is 17.9 Å². The minimum absolute atomic E-state index is 0.0317. The van der Waals surface area contributed by atoms with Gasteiger partial charge in [-0.15, -0.1) is 0 Å². The highest BCUT2D eigenvalue weighted by Crippen LogP contribution is 2.21. The molecule has 124 valence electrons. The number of hydrogen-bond acceptors (Lipinski definition) is 3. The summed E-state index contributed by atoms with van der Waals surface area (Å²) >= 11 is 9.12. The van der Waals surface area contributed by atoms with Crippen molar-refractivity contribution in [2.45, 2.75) is 13.1 Å². The lowest BCUT2D eigenvalue weighted by molar-refractivity contribution is -0.116. The first kappa shape index (κ1) is 16.7. The maximum absolute atomic E-state index is 12.9. The van der Waals surface area contributed by atoms with Gasteiger partial charge in [0.2, 0.25) is 5.91 Å². The van der Waals surface area contributed by atoms with Crippen LogP contribution in [0.25, 0.3) is 0 Å². The van der Waals surface area contributed by atoms with Gasteiger partial charge in [-0.05, 0) is 33.6 Å². The molecule has 0 saturated carbocycles. The summed E-state index contributed by atoms with van der Waals surface area (Å²) in [5, 5.41) is 11.4. The lowest BCUT2D eigenvalue weighted by Gasteiger charge is -2.03.